The molecule has 1 aromatic carbocycles. The second-order valence-corrected chi connectivity index (χ2v) is 6.25. The molecule has 2 amide bonds. The summed E-state index contributed by atoms with van der Waals surface area (Å²) in [5.41, 5.74) is 0. The van der Waals surface area contributed by atoms with Crippen molar-refractivity contribution in [2.24, 2.45) is 0 Å². The van der Waals surface area contributed by atoms with E-state index in [-0.39, 0.29) is 18.4 Å². The average molecular weight is 359 g/mol. The smallest absolute Gasteiger partial charge is 0.257 e. The van der Waals surface area contributed by atoms with E-state index in [4.69, 9.17) is 27.9 Å². The van der Waals surface area contributed by atoms with Gasteiger partial charge in [0, 0.05) is 37.1 Å². The second-order valence-electron chi connectivity index (χ2n) is 5.40. The standard InChI is InChI=1S/C16H20Cl2N2O3/c17-12-4-5-13(18)14(10-12)23-11-15(21)19-7-6-16(22)20-8-2-1-3-9-20/h4-5,10H,1-3,6-9,11H2,(H,19,21). The zero-order chi connectivity index (χ0) is 16.7. The summed E-state index contributed by atoms with van der Waals surface area (Å²) >= 11 is 11.8. The van der Waals surface area contributed by atoms with Crippen LogP contribution in [-0.4, -0.2) is 43.0 Å². The molecule has 0 spiro atoms. The number of amides is 2. The van der Waals surface area contributed by atoms with Crippen LogP contribution in [0.1, 0.15) is 25.7 Å². The number of carbonyl (C=O) groups excluding carboxylic acids is 2. The Hall–Kier alpha value is -1.46. The third-order valence-electron chi connectivity index (χ3n) is 3.62. The number of hydrogen-bond acceptors (Lipinski definition) is 3. The SMILES string of the molecule is O=C(COc1cc(Cl)ccc1Cl)NCCC(=O)N1CCCCC1. The number of rotatable bonds is 6. The van der Waals surface area contributed by atoms with E-state index < -0.39 is 0 Å². The molecular weight excluding hydrogens is 339 g/mol. The Morgan fingerprint density at radius 2 is 1.91 bits per heavy atom. The number of nitrogens with zero attached hydrogens (tertiary/aromatic N) is 1. The molecule has 1 heterocycles. The lowest BCUT2D eigenvalue weighted by Crippen LogP contribution is -2.38. The summed E-state index contributed by atoms with van der Waals surface area (Å²) in [6, 6.07) is 4.80. The average Bonchev–Trinajstić information content (AvgIpc) is 2.56. The third-order valence-corrected chi connectivity index (χ3v) is 4.17. The fourth-order valence-electron chi connectivity index (χ4n) is 2.39. The minimum absolute atomic E-state index is 0.0869. The Bertz CT molecular complexity index is 560. The molecule has 1 fully saturated rings. The van der Waals surface area contributed by atoms with Crippen molar-refractivity contribution in [3.63, 3.8) is 0 Å². The van der Waals surface area contributed by atoms with Crippen molar-refractivity contribution in [1.82, 2.24) is 10.2 Å². The van der Waals surface area contributed by atoms with Crippen LogP contribution in [-0.2, 0) is 9.59 Å². The number of ether oxygens (including phenoxy) is 1. The summed E-state index contributed by atoms with van der Waals surface area (Å²) in [5.74, 6) is 0.148. The van der Waals surface area contributed by atoms with Crippen LogP contribution in [0.5, 0.6) is 5.75 Å². The molecular formula is C16H20Cl2N2O3. The highest BCUT2D eigenvalue weighted by Crippen LogP contribution is 2.27. The molecule has 0 unspecified atom stereocenters. The Labute approximate surface area is 145 Å². The number of nitrogens with one attached hydrogen (secondary N) is 1. The van der Waals surface area contributed by atoms with Gasteiger partial charge >= 0.3 is 0 Å². The van der Waals surface area contributed by atoms with Crippen LogP contribution in [0.3, 0.4) is 0 Å². The first-order chi connectivity index (χ1) is 11.1. The van der Waals surface area contributed by atoms with Crippen molar-refractivity contribution in [1.29, 1.82) is 0 Å². The molecule has 126 valence electrons. The maximum absolute atomic E-state index is 12.0. The zero-order valence-electron chi connectivity index (χ0n) is 12.8. The number of hydrogen-bond donors (Lipinski definition) is 1. The molecule has 1 N–H and O–H groups in total. The summed E-state index contributed by atoms with van der Waals surface area (Å²) in [5, 5.41) is 3.54. The number of halogens is 2. The molecule has 0 bridgehead atoms. The lowest BCUT2D eigenvalue weighted by Gasteiger charge is -2.26. The van der Waals surface area contributed by atoms with Gasteiger partial charge in [0.2, 0.25) is 5.91 Å². The number of piperidine rings is 1. The fraction of sp³-hybridized carbons (Fsp3) is 0.500. The minimum atomic E-state index is -0.299. The van der Waals surface area contributed by atoms with Gasteiger partial charge in [-0.25, -0.2) is 0 Å². The highest BCUT2D eigenvalue weighted by Gasteiger charge is 2.16. The van der Waals surface area contributed by atoms with Gasteiger partial charge in [0.1, 0.15) is 5.75 Å². The van der Waals surface area contributed by atoms with E-state index in [9.17, 15) is 9.59 Å². The summed E-state index contributed by atoms with van der Waals surface area (Å²) in [7, 11) is 0. The molecule has 0 aromatic heterocycles. The van der Waals surface area contributed by atoms with Gasteiger partial charge < -0.3 is 15.0 Å². The molecule has 0 radical (unpaired) electrons. The molecule has 1 aromatic rings. The van der Waals surface area contributed by atoms with Crippen molar-refractivity contribution in [2.45, 2.75) is 25.7 Å². The number of carbonyl (C=O) groups is 2. The van der Waals surface area contributed by atoms with E-state index >= 15 is 0 Å². The Morgan fingerprint density at radius 1 is 1.17 bits per heavy atom. The van der Waals surface area contributed by atoms with Gasteiger partial charge in [0.25, 0.3) is 5.91 Å². The maximum atomic E-state index is 12.0. The first kappa shape index (κ1) is 17.9. The minimum Gasteiger partial charge on any atom is -0.482 e. The lowest BCUT2D eigenvalue weighted by atomic mass is 10.1. The van der Waals surface area contributed by atoms with Crippen molar-refractivity contribution in [3.8, 4) is 5.75 Å². The van der Waals surface area contributed by atoms with Crippen LogP contribution in [0.15, 0.2) is 18.2 Å². The molecule has 23 heavy (non-hydrogen) atoms. The van der Waals surface area contributed by atoms with E-state index in [0.717, 1.165) is 25.9 Å². The van der Waals surface area contributed by atoms with Gasteiger partial charge in [-0.2, -0.15) is 0 Å². The van der Waals surface area contributed by atoms with Crippen LogP contribution >= 0.6 is 23.2 Å². The Morgan fingerprint density at radius 3 is 2.65 bits per heavy atom. The second kappa shape index (κ2) is 8.99. The van der Waals surface area contributed by atoms with Crippen LogP contribution in [0.4, 0.5) is 0 Å². The van der Waals surface area contributed by atoms with E-state index in [1.807, 2.05) is 4.90 Å². The van der Waals surface area contributed by atoms with Crippen LogP contribution in [0, 0.1) is 0 Å². The van der Waals surface area contributed by atoms with Crippen molar-refractivity contribution < 1.29 is 14.3 Å². The predicted molar refractivity (Wildman–Crippen MR) is 90.0 cm³/mol. The maximum Gasteiger partial charge on any atom is 0.257 e. The predicted octanol–water partition coefficient (Wildman–Crippen LogP) is 2.89. The van der Waals surface area contributed by atoms with Gasteiger partial charge in [-0.15, -0.1) is 0 Å². The summed E-state index contributed by atoms with van der Waals surface area (Å²) in [6.07, 6.45) is 3.62. The zero-order valence-corrected chi connectivity index (χ0v) is 14.3. The van der Waals surface area contributed by atoms with Crippen LogP contribution in [0.2, 0.25) is 10.0 Å². The lowest BCUT2D eigenvalue weighted by molar-refractivity contribution is -0.132. The normalized spacial score (nSPS) is 14.4. The quantitative estimate of drug-likeness (QED) is 0.850. The number of benzene rings is 1. The summed E-state index contributed by atoms with van der Waals surface area (Å²) in [6.45, 7) is 1.78. The van der Waals surface area contributed by atoms with Crippen LogP contribution in [0.25, 0.3) is 0 Å². The monoisotopic (exact) mass is 358 g/mol. The van der Waals surface area contributed by atoms with Gasteiger partial charge in [-0.05, 0) is 31.4 Å². The van der Waals surface area contributed by atoms with Crippen LogP contribution < -0.4 is 10.1 Å². The Balaban J connectivity index is 1.67. The molecule has 0 saturated carbocycles. The molecule has 0 aliphatic carbocycles. The third kappa shape index (κ3) is 5.92. The molecule has 5 nitrogen and oxygen atoms in total. The number of likely N-dealkylation sites (tertiary alicyclic amines) is 1. The topological polar surface area (TPSA) is 58.6 Å². The fourth-order valence-corrected chi connectivity index (χ4v) is 2.73. The van der Waals surface area contributed by atoms with Crippen molar-refractivity contribution >= 4 is 35.0 Å². The van der Waals surface area contributed by atoms with Crippen molar-refractivity contribution in [3.05, 3.63) is 28.2 Å². The summed E-state index contributed by atoms with van der Waals surface area (Å²) < 4.78 is 5.33. The molecule has 1 saturated heterocycles. The van der Waals surface area contributed by atoms with Crippen molar-refractivity contribution in [2.75, 3.05) is 26.2 Å². The van der Waals surface area contributed by atoms with Gasteiger partial charge in [-0.3, -0.25) is 9.59 Å². The van der Waals surface area contributed by atoms with E-state index in [0.29, 0.717) is 28.8 Å². The van der Waals surface area contributed by atoms with Gasteiger partial charge in [0.05, 0.1) is 5.02 Å². The molecule has 2 rings (SSSR count). The molecule has 1 aliphatic rings. The van der Waals surface area contributed by atoms with Gasteiger partial charge in [-0.1, -0.05) is 23.2 Å². The summed E-state index contributed by atoms with van der Waals surface area (Å²) in [4.78, 5) is 25.5. The largest absolute Gasteiger partial charge is 0.482 e. The first-order valence-electron chi connectivity index (χ1n) is 7.68. The van der Waals surface area contributed by atoms with E-state index in [2.05, 4.69) is 5.32 Å². The molecule has 0 atom stereocenters. The first-order valence-corrected chi connectivity index (χ1v) is 8.44. The van der Waals surface area contributed by atoms with E-state index in [1.54, 1.807) is 18.2 Å². The Kier molecular flexibility index (Phi) is 6.99. The van der Waals surface area contributed by atoms with E-state index in [1.165, 1.54) is 6.42 Å². The van der Waals surface area contributed by atoms with Gasteiger partial charge in [0.15, 0.2) is 6.61 Å². The highest BCUT2D eigenvalue weighted by molar-refractivity contribution is 6.34. The molecule has 1 aliphatic heterocycles. The highest BCUT2D eigenvalue weighted by atomic mass is 35.5. The molecule has 7 heteroatoms.